The maximum absolute atomic E-state index is 14.3. The molecule has 10 heteroatoms. The van der Waals surface area contributed by atoms with Crippen LogP contribution in [0.5, 0.6) is 0 Å². The van der Waals surface area contributed by atoms with Crippen molar-refractivity contribution in [2.45, 2.75) is 6.54 Å². The number of hydrogen-bond donors (Lipinski definition) is 1. The van der Waals surface area contributed by atoms with Crippen LogP contribution in [-0.2, 0) is 13.6 Å². The van der Waals surface area contributed by atoms with Crippen molar-refractivity contribution in [3.63, 3.8) is 0 Å². The molecule has 0 aliphatic heterocycles. The maximum Gasteiger partial charge on any atom is 0.329 e. The van der Waals surface area contributed by atoms with Gasteiger partial charge in [-0.3, -0.25) is 18.9 Å². The van der Waals surface area contributed by atoms with Gasteiger partial charge in [-0.25, -0.2) is 13.6 Å². The van der Waals surface area contributed by atoms with Gasteiger partial charge in [-0.2, -0.15) is 0 Å². The summed E-state index contributed by atoms with van der Waals surface area (Å²) in [5.41, 5.74) is 0.238. The molecule has 0 fully saturated rings. The molecular weight excluding hydrogens is 411 g/mol. The predicted octanol–water partition coefficient (Wildman–Crippen LogP) is 2.58. The first-order valence-electron chi connectivity index (χ1n) is 9.02. The number of H-pyrrole nitrogens is 1. The second kappa shape index (κ2) is 6.67. The molecule has 0 aliphatic rings. The third-order valence-electron chi connectivity index (χ3n) is 5.04. The van der Waals surface area contributed by atoms with E-state index in [9.17, 15) is 14.0 Å². The second-order valence-corrected chi connectivity index (χ2v) is 7.21. The minimum atomic E-state index is -0.597. The number of fused-ring (bicyclic) bond motifs is 3. The predicted molar refractivity (Wildman–Crippen MR) is 110 cm³/mol. The lowest BCUT2D eigenvalue weighted by atomic mass is 10.2. The Bertz CT molecular complexity index is 1560. The van der Waals surface area contributed by atoms with Gasteiger partial charge in [0.15, 0.2) is 17.0 Å². The van der Waals surface area contributed by atoms with Crippen LogP contribution in [0, 0.1) is 5.82 Å². The molecule has 30 heavy (non-hydrogen) atoms. The molecule has 0 spiro atoms. The number of nitrogens with zero attached hydrogens (tertiary/aromatic N) is 5. The van der Waals surface area contributed by atoms with E-state index < -0.39 is 17.1 Å². The zero-order chi connectivity index (χ0) is 21.0. The Balaban J connectivity index is 1.92. The van der Waals surface area contributed by atoms with Crippen molar-refractivity contribution in [2.75, 3.05) is 0 Å². The van der Waals surface area contributed by atoms with Crippen LogP contribution in [0.15, 0.2) is 58.1 Å². The summed E-state index contributed by atoms with van der Waals surface area (Å²) in [6, 6.07) is 13.3. The zero-order valence-electron chi connectivity index (χ0n) is 15.6. The molecule has 8 nitrogen and oxygen atoms in total. The van der Waals surface area contributed by atoms with Gasteiger partial charge in [0.1, 0.15) is 5.82 Å². The number of imidazole rings is 1. The highest BCUT2D eigenvalue weighted by molar-refractivity contribution is 6.33. The molecule has 0 atom stereocenters. The number of halogens is 2. The highest BCUT2D eigenvalue weighted by atomic mass is 35.5. The Kier molecular flexibility index (Phi) is 4.07. The molecule has 0 bridgehead atoms. The molecule has 5 aromatic rings. The van der Waals surface area contributed by atoms with E-state index in [1.54, 1.807) is 51.4 Å². The van der Waals surface area contributed by atoms with E-state index in [1.165, 1.54) is 17.7 Å². The fourth-order valence-electron chi connectivity index (χ4n) is 3.61. The van der Waals surface area contributed by atoms with Gasteiger partial charge in [0.05, 0.1) is 11.6 Å². The number of aryl methyl sites for hydroxylation is 1. The molecule has 5 rings (SSSR count). The summed E-state index contributed by atoms with van der Waals surface area (Å²) < 4.78 is 18.8. The van der Waals surface area contributed by atoms with Gasteiger partial charge in [0.2, 0.25) is 5.78 Å². The molecule has 3 heterocycles. The number of aromatic amines is 1. The number of benzene rings is 2. The fourth-order valence-corrected chi connectivity index (χ4v) is 3.83. The molecule has 2 aromatic carbocycles. The first kappa shape index (κ1) is 18.3. The Hall–Kier alpha value is -3.72. The lowest BCUT2D eigenvalue weighted by Gasteiger charge is -2.06. The van der Waals surface area contributed by atoms with E-state index in [0.717, 1.165) is 0 Å². The van der Waals surface area contributed by atoms with Crippen LogP contribution in [0.25, 0.3) is 28.3 Å². The van der Waals surface area contributed by atoms with Crippen LogP contribution in [0.1, 0.15) is 5.56 Å². The highest BCUT2D eigenvalue weighted by Crippen LogP contribution is 2.29. The summed E-state index contributed by atoms with van der Waals surface area (Å²) in [5.74, 6) is 0.243. The van der Waals surface area contributed by atoms with Gasteiger partial charge in [-0.15, -0.1) is 10.2 Å². The molecule has 0 amide bonds. The molecule has 0 unspecified atom stereocenters. The first-order chi connectivity index (χ1) is 14.5. The van der Waals surface area contributed by atoms with Crippen LogP contribution in [0.2, 0.25) is 5.02 Å². The third kappa shape index (κ3) is 2.59. The van der Waals surface area contributed by atoms with Crippen LogP contribution in [0.3, 0.4) is 0 Å². The van der Waals surface area contributed by atoms with Gasteiger partial charge in [0.25, 0.3) is 5.56 Å². The van der Waals surface area contributed by atoms with E-state index in [0.29, 0.717) is 22.0 Å². The smallest absolute Gasteiger partial charge is 0.298 e. The number of rotatable bonds is 3. The average Bonchev–Trinajstić information content (AvgIpc) is 3.28. The molecule has 1 N–H and O–H groups in total. The standard InChI is InChI=1S/C20H14ClFN6O2/c1-26-18-15(17(29)23-20(26)30)27(10-11-6-2-5-9-14(11)22)19-25-24-16(28(18)19)12-7-3-4-8-13(12)21/h2-9H,10H2,1H3,(H,23,29,30). The minimum Gasteiger partial charge on any atom is -0.298 e. The first-order valence-corrected chi connectivity index (χ1v) is 9.40. The minimum absolute atomic E-state index is 0.0294. The van der Waals surface area contributed by atoms with Crippen molar-refractivity contribution in [3.8, 4) is 11.4 Å². The topological polar surface area (TPSA) is 90.0 Å². The van der Waals surface area contributed by atoms with Crippen LogP contribution < -0.4 is 11.2 Å². The molecular formula is C20H14ClFN6O2. The van der Waals surface area contributed by atoms with E-state index in [2.05, 4.69) is 15.2 Å². The van der Waals surface area contributed by atoms with E-state index in [1.807, 2.05) is 0 Å². The lowest BCUT2D eigenvalue weighted by Crippen LogP contribution is -2.29. The lowest BCUT2D eigenvalue weighted by molar-refractivity contribution is 0.602. The molecule has 0 saturated heterocycles. The molecule has 0 saturated carbocycles. The van der Waals surface area contributed by atoms with Crippen molar-refractivity contribution >= 4 is 28.5 Å². The Labute approximate surface area is 172 Å². The van der Waals surface area contributed by atoms with Crippen LogP contribution in [0.4, 0.5) is 4.39 Å². The van der Waals surface area contributed by atoms with Gasteiger partial charge in [-0.05, 0) is 18.2 Å². The fraction of sp³-hybridized carbons (Fsp3) is 0.100. The molecule has 150 valence electrons. The van der Waals surface area contributed by atoms with Gasteiger partial charge in [-0.1, -0.05) is 41.9 Å². The van der Waals surface area contributed by atoms with E-state index in [-0.39, 0.29) is 23.5 Å². The SMILES string of the molecule is Cn1c(=O)[nH]c(=O)c2c1n1c(-c3ccccc3Cl)nnc1n2Cc1ccccc1F. The Morgan fingerprint density at radius 1 is 1.07 bits per heavy atom. The summed E-state index contributed by atoms with van der Waals surface area (Å²) in [7, 11) is 1.53. The normalized spacial score (nSPS) is 11.6. The van der Waals surface area contributed by atoms with Crippen molar-refractivity contribution in [1.82, 2.24) is 28.7 Å². The zero-order valence-corrected chi connectivity index (χ0v) is 16.4. The summed E-state index contributed by atoms with van der Waals surface area (Å²) in [4.78, 5) is 27.4. The van der Waals surface area contributed by atoms with E-state index >= 15 is 0 Å². The Morgan fingerprint density at radius 2 is 1.80 bits per heavy atom. The van der Waals surface area contributed by atoms with Gasteiger partial charge in [0, 0.05) is 18.2 Å². The van der Waals surface area contributed by atoms with Gasteiger partial charge >= 0.3 is 5.69 Å². The Morgan fingerprint density at radius 3 is 2.57 bits per heavy atom. The molecule has 3 aromatic heterocycles. The van der Waals surface area contributed by atoms with Crippen LogP contribution >= 0.6 is 11.6 Å². The summed E-state index contributed by atoms with van der Waals surface area (Å²) in [6.45, 7) is 0.0294. The third-order valence-corrected chi connectivity index (χ3v) is 5.37. The number of nitrogens with one attached hydrogen (secondary N) is 1. The maximum atomic E-state index is 14.3. The quantitative estimate of drug-likeness (QED) is 0.482. The second-order valence-electron chi connectivity index (χ2n) is 6.81. The average molecular weight is 425 g/mol. The molecule has 0 aliphatic carbocycles. The van der Waals surface area contributed by atoms with Crippen molar-refractivity contribution in [2.24, 2.45) is 7.05 Å². The number of aromatic nitrogens is 6. The largest absolute Gasteiger partial charge is 0.329 e. The van der Waals surface area contributed by atoms with Crippen molar-refractivity contribution in [3.05, 3.63) is 85.8 Å². The van der Waals surface area contributed by atoms with E-state index in [4.69, 9.17) is 11.6 Å². The monoisotopic (exact) mass is 424 g/mol. The summed E-state index contributed by atoms with van der Waals surface area (Å²) in [6.07, 6.45) is 0. The highest BCUT2D eigenvalue weighted by Gasteiger charge is 2.24. The van der Waals surface area contributed by atoms with Crippen molar-refractivity contribution < 1.29 is 4.39 Å². The van der Waals surface area contributed by atoms with Crippen molar-refractivity contribution in [1.29, 1.82) is 0 Å². The molecule has 0 radical (unpaired) electrons. The summed E-state index contributed by atoms with van der Waals surface area (Å²) >= 11 is 6.35. The summed E-state index contributed by atoms with van der Waals surface area (Å²) in [5, 5.41) is 8.93. The van der Waals surface area contributed by atoms with Crippen LogP contribution in [-0.4, -0.2) is 28.7 Å². The number of hydrogen-bond acceptors (Lipinski definition) is 4. The van der Waals surface area contributed by atoms with Gasteiger partial charge < -0.3 is 0 Å².